The SMILES string of the molecule is COC(=O)c1ccc2c(c1O)OC1(CCCCC1)[C@@H](N1CCOCC1)O2.COC(=O)c1ccc2c(c1O)OC1(CCCCC1)[C@H](N1CCOCC1)O2. The Kier molecular flexibility index (Phi) is 10.9. The average Bonchev–Trinajstić information content (AvgIpc) is 3.19. The predicted octanol–water partition coefficient (Wildman–Crippen LogP) is 4.62. The number of carbonyl (C=O) groups excluding carboxylic acids is 2. The summed E-state index contributed by atoms with van der Waals surface area (Å²) in [6.45, 7) is 5.86. The van der Waals surface area contributed by atoms with E-state index in [1.165, 1.54) is 39.2 Å². The van der Waals surface area contributed by atoms with Crippen LogP contribution in [-0.4, -0.2) is 122 Å². The van der Waals surface area contributed by atoms with Crippen LogP contribution >= 0.6 is 0 Å². The van der Waals surface area contributed by atoms with Crippen LogP contribution in [0.15, 0.2) is 24.3 Å². The van der Waals surface area contributed by atoms with Crippen molar-refractivity contribution in [1.82, 2.24) is 9.80 Å². The summed E-state index contributed by atoms with van der Waals surface area (Å²) in [6.07, 6.45) is 9.54. The van der Waals surface area contributed by atoms with Gasteiger partial charge in [0.1, 0.15) is 11.1 Å². The highest BCUT2D eigenvalue weighted by Gasteiger charge is 2.52. The van der Waals surface area contributed by atoms with Gasteiger partial charge >= 0.3 is 11.9 Å². The molecule has 2 aliphatic carbocycles. The van der Waals surface area contributed by atoms with Crippen molar-refractivity contribution in [2.75, 3.05) is 66.8 Å². The van der Waals surface area contributed by atoms with E-state index in [4.69, 9.17) is 37.9 Å². The van der Waals surface area contributed by atoms with Crippen LogP contribution in [-0.2, 0) is 18.9 Å². The van der Waals surface area contributed by atoms with Crippen molar-refractivity contribution in [3.8, 4) is 34.5 Å². The van der Waals surface area contributed by atoms with Crippen molar-refractivity contribution < 1.29 is 57.7 Å². The summed E-state index contributed by atoms with van der Waals surface area (Å²) < 4.78 is 46.0. The van der Waals surface area contributed by atoms with E-state index >= 15 is 0 Å². The van der Waals surface area contributed by atoms with Crippen LogP contribution in [0.25, 0.3) is 0 Å². The molecule has 0 aromatic heterocycles. The van der Waals surface area contributed by atoms with Crippen molar-refractivity contribution in [3.63, 3.8) is 0 Å². The zero-order valence-corrected chi connectivity index (χ0v) is 30.1. The fraction of sp³-hybridized carbons (Fsp3) is 0.632. The number of benzene rings is 2. The Hall–Kier alpha value is -3.98. The molecule has 0 bridgehead atoms. The number of nitrogens with zero attached hydrogens (tertiary/aromatic N) is 2. The normalized spacial score (nSPS) is 25.0. The lowest BCUT2D eigenvalue weighted by molar-refractivity contribution is -0.171. The van der Waals surface area contributed by atoms with Gasteiger partial charge in [-0.05, 0) is 75.6 Å². The third-order valence-corrected chi connectivity index (χ3v) is 11.1. The van der Waals surface area contributed by atoms with E-state index in [-0.39, 0.29) is 46.6 Å². The second-order valence-corrected chi connectivity index (χ2v) is 14.3. The summed E-state index contributed by atoms with van der Waals surface area (Å²) >= 11 is 0. The molecule has 2 saturated heterocycles. The molecule has 14 nitrogen and oxygen atoms in total. The van der Waals surface area contributed by atoms with Gasteiger partial charge in [0.05, 0.1) is 40.6 Å². The van der Waals surface area contributed by atoms with Gasteiger partial charge in [-0.3, -0.25) is 9.80 Å². The fourth-order valence-corrected chi connectivity index (χ4v) is 8.44. The van der Waals surface area contributed by atoms with Crippen LogP contribution < -0.4 is 18.9 Å². The molecule has 284 valence electrons. The Morgan fingerprint density at radius 3 is 1.33 bits per heavy atom. The summed E-state index contributed by atoms with van der Waals surface area (Å²) in [7, 11) is 2.57. The Balaban J connectivity index is 0.000000162. The predicted molar refractivity (Wildman–Crippen MR) is 185 cm³/mol. The third-order valence-electron chi connectivity index (χ3n) is 11.1. The zero-order chi connectivity index (χ0) is 36.3. The molecule has 14 heteroatoms. The van der Waals surface area contributed by atoms with Crippen LogP contribution in [0.5, 0.6) is 34.5 Å². The number of rotatable bonds is 4. The van der Waals surface area contributed by atoms with Gasteiger partial charge in [0, 0.05) is 26.2 Å². The highest BCUT2D eigenvalue weighted by atomic mass is 16.6. The number of phenolic OH excluding ortho intramolecular Hbond substituents is 2. The lowest BCUT2D eigenvalue weighted by Gasteiger charge is -2.50. The highest BCUT2D eigenvalue weighted by molar-refractivity contribution is 5.94. The quantitative estimate of drug-likeness (QED) is 0.421. The first-order chi connectivity index (χ1) is 25.3. The summed E-state index contributed by atoms with van der Waals surface area (Å²) in [4.78, 5) is 28.3. The molecular formula is C38H50N2O12. The van der Waals surface area contributed by atoms with E-state index in [2.05, 4.69) is 9.80 Å². The van der Waals surface area contributed by atoms with Crippen molar-refractivity contribution in [3.05, 3.63) is 35.4 Å². The lowest BCUT2D eigenvalue weighted by Crippen LogP contribution is -2.63. The van der Waals surface area contributed by atoms with Gasteiger partial charge < -0.3 is 48.1 Å². The molecule has 52 heavy (non-hydrogen) atoms. The number of methoxy groups -OCH3 is 2. The highest BCUT2D eigenvalue weighted by Crippen LogP contribution is 2.52. The maximum absolute atomic E-state index is 11.9. The zero-order valence-electron chi connectivity index (χ0n) is 30.1. The minimum absolute atomic E-state index is 0.0885. The van der Waals surface area contributed by atoms with Gasteiger partial charge in [0.2, 0.25) is 11.5 Å². The van der Waals surface area contributed by atoms with Gasteiger partial charge in [-0.2, -0.15) is 0 Å². The molecule has 0 radical (unpaired) electrons. The fourth-order valence-electron chi connectivity index (χ4n) is 8.44. The van der Waals surface area contributed by atoms with Crippen molar-refractivity contribution in [1.29, 1.82) is 0 Å². The van der Waals surface area contributed by atoms with E-state index in [9.17, 15) is 19.8 Å². The number of ether oxygens (including phenoxy) is 8. The molecule has 2 saturated carbocycles. The average molecular weight is 727 g/mol. The number of fused-ring (bicyclic) bond motifs is 2. The molecule has 2 N–H and O–H groups in total. The summed E-state index contributed by atoms with van der Waals surface area (Å²) in [5, 5.41) is 21.2. The molecule has 2 aromatic carbocycles. The maximum Gasteiger partial charge on any atom is 0.341 e. The first-order valence-corrected chi connectivity index (χ1v) is 18.5. The van der Waals surface area contributed by atoms with Crippen LogP contribution in [0.1, 0.15) is 84.9 Å². The van der Waals surface area contributed by atoms with Gasteiger partial charge in [0.25, 0.3) is 0 Å². The minimum Gasteiger partial charge on any atom is -0.504 e. The second-order valence-electron chi connectivity index (χ2n) is 14.3. The van der Waals surface area contributed by atoms with Gasteiger partial charge in [-0.15, -0.1) is 0 Å². The lowest BCUT2D eigenvalue weighted by atomic mass is 9.81. The molecule has 2 spiro atoms. The smallest absolute Gasteiger partial charge is 0.341 e. The molecule has 0 unspecified atom stereocenters. The molecule has 2 atom stereocenters. The van der Waals surface area contributed by atoms with E-state index in [1.807, 2.05) is 0 Å². The number of aromatic hydroxyl groups is 2. The number of phenols is 2. The first-order valence-electron chi connectivity index (χ1n) is 18.5. The van der Waals surface area contributed by atoms with Crippen LogP contribution in [0.2, 0.25) is 0 Å². The topological polar surface area (TPSA) is 155 Å². The van der Waals surface area contributed by atoms with E-state index < -0.39 is 23.1 Å². The number of esters is 2. The number of hydrogen-bond acceptors (Lipinski definition) is 14. The van der Waals surface area contributed by atoms with Crippen LogP contribution in [0, 0.1) is 0 Å². The Morgan fingerprint density at radius 1 is 0.615 bits per heavy atom. The van der Waals surface area contributed by atoms with Gasteiger partial charge in [-0.1, -0.05) is 12.8 Å². The molecule has 8 rings (SSSR count). The Labute approximate surface area is 303 Å². The summed E-state index contributed by atoms with van der Waals surface area (Å²) in [5.41, 5.74) is -0.861. The molecule has 2 aromatic rings. The first kappa shape index (κ1) is 36.4. The van der Waals surface area contributed by atoms with Crippen molar-refractivity contribution in [2.24, 2.45) is 0 Å². The summed E-state index contributed by atoms with van der Waals surface area (Å²) in [6, 6.07) is 6.37. The van der Waals surface area contributed by atoms with Gasteiger partial charge in [0.15, 0.2) is 46.7 Å². The maximum atomic E-state index is 11.9. The van der Waals surface area contributed by atoms with Crippen LogP contribution in [0.4, 0.5) is 0 Å². The number of carbonyl (C=O) groups is 2. The van der Waals surface area contributed by atoms with Crippen LogP contribution in [0.3, 0.4) is 0 Å². The molecule has 6 aliphatic rings. The Morgan fingerprint density at radius 2 is 0.981 bits per heavy atom. The minimum atomic E-state index is -0.595. The monoisotopic (exact) mass is 726 g/mol. The van der Waals surface area contributed by atoms with Crippen molar-refractivity contribution >= 4 is 11.9 Å². The van der Waals surface area contributed by atoms with Gasteiger partial charge in [-0.25, -0.2) is 9.59 Å². The molecule has 4 heterocycles. The second kappa shape index (κ2) is 15.6. The molecule has 0 amide bonds. The third kappa shape index (κ3) is 6.93. The summed E-state index contributed by atoms with van der Waals surface area (Å²) in [5.74, 6) is -0.187. The molecular weight excluding hydrogens is 676 g/mol. The van der Waals surface area contributed by atoms with E-state index in [1.54, 1.807) is 12.1 Å². The number of morpholine rings is 2. The molecule has 4 aliphatic heterocycles. The standard InChI is InChI=1S/2C19H25NO6/c2*1-23-17(22)13-5-6-14-16(15(13)21)26-19(7-3-2-4-8-19)18(25-14)20-9-11-24-12-10-20/h2*5-6,18,21H,2-4,7-12H2,1H3/t2*18-/m10/s1. The van der Waals surface area contributed by atoms with Crippen molar-refractivity contribution in [2.45, 2.75) is 87.9 Å². The van der Waals surface area contributed by atoms with E-state index in [0.29, 0.717) is 37.9 Å². The number of hydrogen-bond donors (Lipinski definition) is 2. The molecule has 4 fully saturated rings. The van der Waals surface area contributed by atoms with E-state index in [0.717, 1.165) is 77.5 Å². The largest absolute Gasteiger partial charge is 0.504 e. The Bertz CT molecular complexity index is 1480.